The van der Waals surface area contributed by atoms with E-state index in [0.29, 0.717) is 13.0 Å². The first-order valence-electron chi connectivity index (χ1n) is 4.04. The minimum Gasteiger partial charge on any atom is -0.330 e. The standard InChI is InChI=1S/C7H15N2O3S/c1-13(11,12)9-7(6-10)4-2-3-5-8/h7,9H,2-5,8H2,1H3/t7-/m0/s1. The number of unbranched alkanes of at least 4 members (excludes halogenated alkanes) is 1. The average molecular weight is 207 g/mol. The maximum atomic E-state index is 10.7. The molecule has 0 spiro atoms. The van der Waals surface area contributed by atoms with Gasteiger partial charge in [-0.2, -0.15) is 0 Å². The Bertz CT molecular complexity index is 238. The molecule has 1 radical (unpaired) electrons. The third kappa shape index (κ3) is 7.89. The number of nitrogens with one attached hydrogen (secondary N) is 1. The lowest BCUT2D eigenvalue weighted by Gasteiger charge is -2.08. The molecule has 0 aromatic heterocycles. The lowest BCUT2D eigenvalue weighted by molar-refractivity contribution is 0.512. The Hall–Kier alpha value is -0.460. The fourth-order valence-corrected chi connectivity index (χ4v) is 1.58. The van der Waals surface area contributed by atoms with Gasteiger partial charge in [0.05, 0.1) is 12.3 Å². The molecular weight excluding hydrogens is 192 g/mol. The molecule has 0 aliphatic carbocycles. The predicted molar refractivity (Wildman–Crippen MR) is 50.4 cm³/mol. The molecule has 0 aromatic carbocycles. The van der Waals surface area contributed by atoms with Gasteiger partial charge in [-0.3, -0.25) is 4.79 Å². The van der Waals surface area contributed by atoms with Crippen molar-refractivity contribution in [1.82, 2.24) is 4.72 Å². The Morgan fingerprint density at radius 1 is 1.46 bits per heavy atom. The van der Waals surface area contributed by atoms with Gasteiger partial charge < -0.3 is 5.73 Å². The highest BCUT2D eigenvalue weighted by molar-refractivity contribution is 7.88. The fraction of sp³-hybridized carbons (Fsp3) is 0.857. The predicted octanol–water partition coefficient (Wildman–Crippen LogP) is -0.857. The van der Waals surface area contributed by atoms with Crippen molar-refractivity contribution in [3.05, 3.63) is 0 Å². The average Bonchev–Trinajstić information content (AvgIpc) is 2.01. The maximum Gasteiger partial charge on any atom is 0.217 e. The molecule has 1 atom stereocenters. The van der Waals surface area contributed by atoms with E-state index in [1.165, 1.54) is 0 Å². The van der Waals surface area contributed by atoms with Crippen molar-refractivity contribution < 1.29 is 13.2 Å². The molecule has 0 aliphatic rings. The van der Waals surface area contributed by atoms with Crippen molar-refractivity contribution in [3.8, 4) is 0 Å². The summed E-state index contributed by atoms with van der Waals surface area (Å²) in [7, 11) is -3.32. The van der Waals surface area contributed by atoms with Crippen LogP contribution < -0.4 is 10.5 Å². The lowest BCUT2D eigenvalue weighted by Crippen LogP contribution is -2.35. The highest BCUT2D eigenvalue weighted by Gasteiger charge is 2.12. The van der Waals surface area contributed by atoms with Crippen molar-refractivity contribution in [2.75, 3.05) is 12.8 Å². The zero-order valence-electron chi connectivity index (χ0n) is 7.62. The smallest absolute Gasteiger partial charge is 0.217 e. The molecule has 5 nitrogen and oxygen atoms in total. The molecule has 0 amide bonds. The molecule has 3 N–H and O–H groups in total. The molecule has 0 aliphatic heterocycles. The van der Waals surface area contributed by atoms with Crippen LogP contribution in [0.1, 0.15) is 19.3 Å². The lowest BCUT2D eigenvalue weighted by atomic mass is 10.1. The van der Waals surface area contributed by atoms with Gasteiger partial charge in [0.1, 0.15) is 0 Å². The fourth-order valence-electron chi connectivity index (χ4n) is 0.893. The number of rotatable bonds is 7. The van der Waals surface area contributed by atoms with Crippen molar-refractivity contribution >= 4 is 16.3 Å². The van der Waals surface area contributed by atoms with Crippen molar-refractivity contribution in [2.45, 2.75) is 25.3 Å². The van der Waals surface area contributed by atoms with Crippen LogP contribution >= 0.6 is 0 Å². The van der Waals surface area contributed by atoms with Crippen molar-refractivity contribution in [3.63, 3.8) is 0 Å². The summed E-state index contributed by atoms with van der Waals surface area (Å²) in [4.78, 5) is 10.3. The number of hydrogen-bond acceptors (Lipinski definition) is 4. The summed E-state index contributed by atoms with van der Waals surface area (Å²) in [5.74, 6) is 0. The molecule has 0 saturated carbocycles. The first-order valence-corrected chi connectivity index (χ1v) is 5.94. The first kappa shape index (κ1) is 12.5. The van der Waals surface area contributed by atoms with E-state index in [1.54, 1.807) is 6.29 Å². The van der Waals surface area contributed by atoms with Crippen LogP contribution in [0.4, 0.5) is 0 Å². The Balaban J connectivity index is 3.84. The summed E-state index contributed by atoms with van der Waals surface area (Å²) in [5, 5.41) is 0. The van der Waals surface area contributed by atoms with E-state index in [-0.39, 0.29) is 0 Å². The van der Waals surface area contributed by atoms with Crippen molar-refractivity contribution in [2.24, 2.45) is 5.73 Å². The topological polar surface area (TPSA) is 89.3 Å². The van der Waals surface area contributed by atoms with Gasteiger partial charge in [-0.05, 0) is 19.4 Å². The summed E-state index contributed by atoms with van der Waals surface area (Å²) in [6, 6.07) is -0.735. The first-order chi connectivity index (χ1) is 5.99. The van der Waals surface area contributed by atoms with Crippen LogP contribution in [0.5, 0.6) is 0 Å². The minimum atomic E-state index is -3.32. The SMILES string of the molecule is CS(=O)(=O)N[C@H]([C]=O)CCCCN. The molecular formula is C7H15N2O3S. The summed E-state index contributed by atoms with van der Waals surface area (Å²) < 4.78 is 23.6. The number of sulfonamides is 1. The highest BCUT2D eigenvalue weighted by Crippen LogP contribution is 1.98. The van der Waals surface area contributed by atoms with Crippen LogP contribution in [0.3, 0.4) is 0 Å². The highest BCUT2D eigenvalue weighted by atomic mass is 32.2. The number of nitrogens with two attached hydrogens (primary N) is 1. The molecule has 77 valence electrons. The van der Waals surface area contributed by atoms with Gasteiger partial charge in [-0.1, -0.05) is 6.42 Å². The minimum absolute atomic E-state index is 0.452. The van der Waals surface area contributed by atoms with E-state index in [1.807, 2.05) is 0 Å². The Morgan fingerprint density at radius 3 is 2.46 bits per heavy atom. The molecule has 0 rings (SSSR count). The second-order valence-electron chi connectivity index (χ2n) is 2.84. The van der Waals surface area contributed by atoms with Gasteiger partial charge in [0.25, 0.3) is 0 Å². The third-order valence-corrected chi connectivity index (χ3v) is 2.16. The Morgan fingerprint density at radius 2 is 2.08 bits per heavy atom. The molecule has 0 unspecified atom stereocenters. The second kappa shape index (κ2) is 6.06. The Kier molecular flexibility index (Phi) is 5.85. The van der Waals surface area contributed by atoms with E-state index in [4.69, 9.17) is 5.73 Å². The van der Waals surface area contributed by atoms with Gasteiger partial charge in [0, 0.05) is 0 Å². The van der Waals surface area contributed by atoms with E-state index in [2.05, 4.69) is 4.72 Å². The summed E-state index contributed by atoms with van der Waals surface area (Å²) in [6.07, 6.45) is 4.61. The second-order valence-corrected chi connectivity index (χ2v) is 4.62. The van der Waals surface area contributed by atoms with Gasteiger partial charge >= 0.3 is 0 Å². The van der Waals surface area contributed by atoms with Crippen LogP contribution in [0.15, 0.2) is 0 Å². The number of carbonyl (C=O) groups excluding carboxylic acids is 1. The van der Waals surface area contributed by atoms with E-state index < -0.39 is 16.1 Å². The molecule has 0 bridgehead atoms. The van der Waals surface area contributed by atoms with Crippen LogP contribution in [0.25, 0.3) is 0 Å². The van der Waals surface area contributed by atoms with Crippen molar-refractivity contribution in [1.29, 1.82) is 0 Å². The quantitative estimate of drug-likeness (QED) is 0.532. The molecule has 0 saturated heterocycles. The monoisotopic (exact) mass is 207 g/mol. The van der Waals surface area contributed by atoms with E-state index in [9.17, 15) is 13.2 Å². The van der Waals surface area contributed by atoms with Crippen LogP contribution in [-0.4, -0.2) is 33.5 Å². The zero-order valence-corrected chi connectivity index (χ0v) is 8.43. The normalized spacial score (nSPS) is 14.0. The Labute approximate surface area is 78.7 Å². The summed E-state index contributed by atoms with van der Waals surface area (Å²) >= 11 is 0. The van der Waals surface area contributed by atoms with Crippen LogP contribution in [-0.2, 0) is 14.8 Å². The van der Waals surface area contributed by atoms with Gasteiger partial charge in [-0.25, -0.2) is 13.1 Å². The molecule has 0 heterocycles. The maximum absolute atomic E-state index is 10.7. The number of hydrogen-bond donors (Lipinski definition) is 2. The third-order valence-electron chi connectivity index (χ3n) is 1.45. The van der Waals surface area contributed by atoms with Crippen LogP contribution in [0, 0.1) is 0 Å². The van der Waals surface area contributed by atoms with Gasteiger partial charge in [-0.15, -0.1) is 0 Å². The molecule has 0 fully saturated rings. The molecule has 6 heteroatoms. The molecule has 13 heavy (non-hydrogen) atoms. The van der Waals surface area contributed by atoms with E-state index >= 15 is 0 Å². The molecule has 0 aromatic rings. The summed E-state index contributed by atoms with van der Waals surface area (Å²) in [5.41, 5.74) is 5.25. The largest absolute Gasteiger partial charge is 0.330 e. The zero-order chi connectivity index (χ0) is 10.3. The van der Waals surface area contributed by atoms with Gasteiger partial charge in [0.15, 0.2) is 0 Å². The van der Waals surface area contributed by atoms with Gasteiger partial charge in [0.2, 0.25) is 16.3 Å². The van der Waals surface area contributed by atoms with E-state index in [0.717, 1.165) is 19.1 Å². The summed E-state index contributed by atoms with van der Waals surface area (Å²) in [6.45, 7) is 0.546. The van der Waals surface area contributed by atoms with Crippen LogP contribution in [0.2, 0.25) is 0 Å².